The van der Waals surface area contributed by atoms with Gasteiger partial charge in [0.1, 0.15) is 0 Å². The van der Waals surface area contributed by atoms with Crippen molar-refractivity contribution in [3.63, 3.8) is 0 Å². The van der Waals surface area contributed by atoms with Gasteiger partial charge in [0.2, 0.25) is 0 Å². The van der Waals surface area contributed by atoms with E-state index in [4.69, 9.17) is 0 Å². The zero-order valence-corrected chi connectivity index (χ0v) is 12.1. The normalized spacial score (nSPS) is 24.3. The molecule has 0 bridgehead atoms. The summed E-state index contributed by atoms with van der Waals surface area (Å²) in [5, 5.41) is 0. The first-order valence-corrected chi connectivity index (χ1v) is 9.64. The summed E-state index contributed by atoms with van der Waals surface area (Å²) in [6.45, 7) is 9.81. The van der Waals surface area contributed by atoms with Gasteiger partial charge in [0.25, 0.3) is 0 Å². The summed E-state index contributed by atoms with van der Waals surface area (Å²) in [5.74, 6) is 0. The van der Waals surface area contributed by atoms with E-state index < -0.39 is 20.2 Å². The van der Waals surface area contributed by atoms with Gasteiger partial charge in [-0.05, 0) is 0 Å². The van der Waals surface area contributed by atoms with Crippen molar-refractivity contribution in [2.75, 3.05) is 0 Å². The van der Waals surface area contributed by atoms with Crippen molar-refractivity contribution < 1.29 is 0 Å². The molecular formula is C13H19Sb. The molecule has 0 spiro atoms. The predicted octanol–water partition coefficient (Wildman–Crippen LogP) is 3.21. The first kappa shape index (κ1) is 10.6. The van der Waals surface area contributed by atoms with E-state index in [1.807, 2.05) is 0 Å². The Morgan fingerprint density at radius 3 is 2.00 bits per heavy atom. The van der Waals surface area contributed by atoms with Crippen LogP contribution in [0.15, 0.2) is 30.3 Å². The van der Waals surface area contributed by atoms with E-state index in [2.05, 4.69) is 58.0 Å². The average Bonchev–Trinajstić information content (AvgIpc) is 2.16. The van der Waals surface area contributed by atoms with Crippen LogP contribution in [0.1, 0.15) is 27.7 Å². The Bertz CT molecular complexity index is 324. The first-order chi connectivity index (χ1) is 6.45. The Labute approximate surface area is 94.7 Å². The monoisotopic (exact) mass is 296 g/mol. The summed E-state index contributed by atoms with van der Waals surface area (Å²) in [5.41, 5.74) is 0.575. The van der Waals surface area contributed by atoms with Crippen LogP contribution in [0.3, 0.4) is 0 Å². The Hall–Kier alpha value is 0.0382. The van der Waals surface area contributed by atoms with Gasteiger partial charge < -0.3 is 0 Å². The van der Waals surface area contributed by atoms with Crippen LogP contribution in [0, 0.1) is 5.41 Å². The zero-order chi connectivity index (χ0) is 10.4. The molecule has 0 unspecified atom stereocenters. The van der Waals surface area contributed by atoms with Gasteiger partial charge in [-0.2, -0.15) is 0 Å². The molecule has 1 heteroatoms. The SMILES string of the molecule is CC1(C)[CH2][Sb]([c]2ccccc2)[C]1(C)C. The second-order valence-corrected chi connectivity index (χ2v) is 13.4. The van der Waals surface area contributed by atoms with Gasteiger partial charge >= 0.3 is 94.9 Å². The maximum atomic E-state index is 2.48. The summed E-state index contributed by atoms with van der Waals surface area (Å²) >= 11 is -1.15. The first-order valence-electron chi connectivity index (χ1n) is 5.28. The molecular weight excluding hydrogens is 278 g/mol. The molecule has 2 rings (SSSR count). The molecule has 0 aromatic heterocycles. The van der Waals surface area contributed by atoms with E-state index in [9.17, 15) is 0 Å². The van der Waals surface area contributed by atoms with Crippen molar-refractivity contribution in [1.82, 2.24) is 0 Å². The summed E-state index contributed by atoms with van der Waals surface area (Å²) < 4.78 is 3.82. The Balaban J connectivity index is 2.26. The summed E-state index contributed by atoms with van der Waals surface area (Å²) in [4.78, 5) is 0. The second-order valence-electron chi connectivity index (χ2n) is 5.36. The molecule has 76 valence electrons. The van der Waals surface area contributed by atoms with E-state index >= 15 is 0 Å². The molecule has 0 amide bonds. The van der Waals surface area contributed by atoms with E-state index in [0.717, 1.165) is 0 Å². The van der Waals surface area contributed by atoms with Crippen LogP contribution in [0.5, 0.6) is 0 Å². The van der Waals surface area contributed by atoms with Crippen LogP contribution in [-0.2, 0) is 0 Å². The molecule has 1 saturated heterocycles. The van der Waals surface area contributed by atoms with E-state index in [0.29, 0.717) is 8.78 Å². The molecule has 1 heterocycles. The van der Waals surface area contributed by atoms with Crippen molar-refractivity contribution in [3.05, 3.63) is 30.3 Å². The van der Waals surface area contributed by atoms with Crippen molar-refractivity contribution in [2.45, 2.75) is 35.4 Å². The zero-order valence-electron chi connectivity index (χ0n) is 9.54. The minimum absolute atomic E-state index is 0.575. The van der Waals surface area contributed by atoms with E-state index in [1.165, 1.54) is 4.37 Å². The topological polar surface area (TPSA) is 0 Å². The van der Waals surface area contributed by atoms with Gasteiger partial charge in [-0.15, -0.1) is 0 Å². The summed E-state index contributed by atoms with van der Waals surface area (Å²) in [6.07, 6.45) is 0. The molecule has 1 aromatic rings. The number of rotatable bonds is 1. The fraction of sp³-hybridized carbons (Fsp3) is 0.538. The van der Waals surface area contributed by atoms with Crippen LogP contribution in [-0.4, -0.2) is 20.2 Å². The minimum atomic E-state index is -1.15. The molecule has 0 atom stereocenters. The van der Waals surface area contributed by atoms with Gasteiger partial charge in [0.15, 0.2) is 0 Å². The summed E-state index contributed by atoms with van der Waals surface area (Å²) in [6, 6.07) is 11.2. The number of hydrogen-bond donors (Lipinski definition) is 0. The van der Waals surface area contributed by atoms with Crippen molar-refractivity contribution in [1.29, 1.82) is 0 Å². The molecule has 1 aromatic carbocycles. The van der Waals surface area contributed by atoms with E-state index in [1.54, 1.807) is 3.51 Å². The number of hydrogen-bond acceptors (Lipinski definition) is 0. The van der Waals surface area contributed by atoms with Crippen LogP contribution in [0.2, 0.25) is 7.73 Å². The predicted molar refractivity (Wildman–Crippen MR) is 64.5 cm³/mol. The van der Waals surface area contributed by atoms with Gasteiger partial charge in [-0.3, -0.25) is 0 Å². The molecule has 0 N–H and O–H groups in total. The van der Waals surface area contributed by atoms with Crippen LogP contribution in [0.25, 0.3) is 0 Å². The molecule has 1 fully saturated rings. The average molecular weight is 297 g/mol. The second kappa shape index (κ2) is 3.27. The van der Waals surface area contributed by atoms with Gasteiger partial charge in [-0.1, -0.05) is 0 Å². The fourth-order valence-corrected chi connectivity index (χ4v) is 12.0. The Morgan fingerprint density at radius 2 is 1.57 bits per heavy atom. The van der Waals surface area contributed by atoms with Crippen molar-refractivity contribution >= 4 is 23.7 Å². The maximum absolute atomic E-state index is 2.48. The molecule has 0 aliphatic carbocycles. The third-order valence-electron chi connectivity index (χ3n) is 3.95. The van der Waals surface area contributed by atoms with E-state index in [-0.39, 0.29) is 0 Å². The third-order valence-corrected chi connectivity index (χ3v) is 15.3. The third kappa shape index (κ3) is 1.43. The van der Waals surface area contributed by atoms with Crippen LogP contribution >= 0.6 is 0 Å². The Kier molecular flexibility index (Phi) is 2.46. The molecule has 1 aliphatic rings. The molecule has 0 radical (unpaired) electrons. The number of benzene rings is 1. The van der Waals surface area contributed by atoms with Gasteiger partial charge in [0.05, 0.1) is 0 Å². The van der Waals surface area contributed by atoms with Crippen molar-refractivity contribution in [3.8, 4) is 0 Å². The summed E-state index contributed by atoms with van der Waals surface area (Å²) in [7, 11) is 0. The quantitative estimate of drug-likeness (QED) is 0.698. The molecule has 0 nitrogen and oxygen atoms in total. The van der Waals surface area contributed by atoms with Gasteiger partial charge in [-0.25, -0.2) is 0 Å². The molecule has 14 heavy (non-hydrogen) atoms. The standard InChI is InChI=1S/C7H14.C6H5.Sb/c1-6(2)7(3,4)5;1-2-4-6-5-3-1;/h3H2,1-2,4-5H3;1-5H;. The molecule has 1 aliphatic heterocycles. The van der Waals surface area contributed by atoms with Crippen LogP contribution < -0.4 is 3.51 Å². The van der Waals surface area contributed by atoms with Gasteiger partial charge in [0, 0.05) is 0 Å². The van der Waals surface area contributed by atoms with Crippen LogP contribution in [0.4, 0.5) is 0 Å². The fourth-order valence-electron chi connectivity index (χ4n) is 2.08. The Morgan fingerprint density at radius 1 is 1.00 bits per heavy atom. The molecule has 0 saturated carbocycles. The van der Waals surface area contributed by atoms with Crippen molar-refractivity contribution in [2.24, 2.45) is 5.41 Å².